The smallest absolute Gasteiger partial charge is 0.276 e. The number of ether oxygens (including phenoxy) is 2. The van der Waals surface area contributed by atoms with E-state index in [1.807, 2.05) is 6.07 Å². The number of carbonyl (C=O) groups is 3. The third-order valence-electron chi connectivity index (χ3n) is 4.26. The molecule has 0 aliphatic carbocycles. The molecule has 1 aromatic carbocycles. The van der Waals surface area contributed by atoms with Gasteiger partial charge in [-0.15, -0.1) is 0 Å². The summed E-state index contributed by atoms with van der Waals surface area (Å²) < 4.78 is 10.8. The van der Waals surface area contributed by atoms with Crippen LogP contribution < -0.4 is 10.2 Å². The van der Waals surface area contributed by atoms with E-state index in [0.29, 0.717) is 5.75 Å². The fourth-order valence-corrected chi connectivity index (χ4v) is 3.24. The summed E-state index contributed by atoms with van der Waals surface area (Å²) in [6.45, 7) is -0.280. The Kier molecular flexibility index (Phi) is 3.16. The molecule has 4 atom stereocenters. The molecule has 3 heterocycles. The number of benzene rings is 1. The Morgan fingerprint density at radius 2 is 1.70 bits per heavy atom. The third-order valence-corrected chi connectivity index (χ3v) is 4.26. The molecule has 2 fully saturated rings. The topological polar surface area (TPSA) is 84.9 Å². The number of rotatable bonds is 4. The lowest BCUT2D eigenvalue weighted by atomic mass is 9.85. The summed E-state index contributed by atoms with van der Waals surface area (Å²) in [4.78, 5) is 36.6. The lowest BCUT2D eigenvalue weighted by molar-refractivity contribution is -0.151. The van der Waals surface area contributed by atoms with Crippen molar-refractivity contribution in [2.45, 2.75) is 12.2 Å². The maximum Gasteiger partial charge on any atom is 0.276 e. The van der Waals surface area contributed by atoms with Crippen LogP contribution in [-0.2, 0) is 19.1 Å². The molecule has 7 nitrogen and oxygen atoms in total. The Morgan fingerprint density at radius 3 is 2.30 bits per heavy atom. The summed E-state index contributed by atoms with van der Waals surface area (Å²) in [6.07, 6.45) is 2.84. The van der Waals surface area contributed by atoms with Crippen molar-refractivity contribution in [3.05, 3.63) is 42.5 Å². The van der Waals surface area contributed by atoms with E-state index in [1.165, 1.54) is 0 Å². The van der Waals surface area contributed by atoms with Crippen molar-refractivity contribution < 1.29 is 23.9 Å². The molecule has 0 unspecified atom stereocenters. The van der Waals surface area contributed by atoms with Gasteiger partial charge in [-0.05, 0) is 12.1 Å². The standard InChI is InChI=1S/C16H14N2O5/c19-12(8-22-9-4-2-1-3-5-9)17-18-15(20)13-10-6-7-11(23-10)14(13)16(18)21/h1-7,10-11,13-14H,8H2,(H,17,19)/t10-,11-,13-,14+/m0/s1. The molecule has 3 aliphatic rings. The third kappa shape index (κ3) is 2.20. The van der Waals surface area contributed by atoms with Crippen molar-refractivity contribution in [1.29, 1.82) is 0 Å². The van der Waals surface area contributed by atoms with E-state index >= 15 is 0 Å². The Bertz CT molecular complexity index is 672. The summed E-state index contributed by atoms with van der Waals surface area (Å²) >= 11 is 0. The second-order valence-corrected chi connectivity index (χ2v) is 5.65. The number of hydrazine groups is 1. The first-order valence-electron chi connectivity index (χ1n) is 7.34. The largest absolute Gasteiger partial charge is 0.484 e. The highest BCUT2D eigenvalue weighted by atomic mass is 16.5. The molecule has 23 heavy (non-hydrogen) atoms. The number of nitrogens with one attached hydrogen (secondary N) is 1. The number of nitrogens with zero attached hydrogens (tertiary/aromatic N) is 1. The average molecular weight is 314 g/mol. The number of fused-ring (bicyclic) bond motifs is 5. The normalized spacial score (nSPS) is 30.7. The summed E-state index contributed by atoms with van der Waals surface area (Å²) in [5.74, 6) is -1.94. The first-order chi connectivity index (χ1) is 11.1. The fraction of sp³-hybridized carbons (Fsp3) is 0.312. The number of hydrogen-bond acceptors (Lipinski definition) is 5. The molecule has 1 N–H and O–H groups in total. The van der Waals surface area contributed by atoms with Gasteiger partial charge in [-0.2, -0.15) is 5.01 Å². The quantitative estimate of drug-likeness (QED) is 0.626. The maximum atomic E-state index is 12.3. The Balaban J connectivity index is 1.39. The van der Waals surface area contributed by atoms with Crippen LogP contribution in [0.2, 0.25) is 0 Å². The maximum absolute atomic E-state index is 12.3. The summed E-state index contributed by atoms with van der Waals surface area (Å²) in [6, 6.07) is 8.82. The molecule has 0 aromatic heterocycles. The second-order valence-electron chi connectivity index (χ2n) is 5.65. The van der Waals surface area contributed by atoms with Crippen LogP contribution in [0.5, 0.6) is 5.75 Å². The summed E-state index contributed by atoms with van der Waals surface area (Å²) in [5, 5.41) is 0.807. The van der Waals surface area contributed by atoms with Gasteiger partial charge in [-0.25, -0.2) is 0 Å². The van der Waals surface area contributed by atoms with Gasteiger partial charge in [0, 0.05) is 0 Å². The minimum atomic E-state index is -0.559. The zero-order valence-corrected chi connectivity index (χ0v) is 12.0. The van der Waals surface area contributed by atoms with Crippen LogP contribution in [0.3, 0.4) is 0 Å². The Morgan fingerprint density at radius 1 is 1.09 bits per heavy atom. The van der Waals surface area contributed by atoms with Crippen LogP contribution >= 0.6 is 0 Å². The van der Waals surface area contributed by atoms with Crippen molar-refractivity contribution in [3.8, 4) is 5.75 Å². The second kappa shape index (κ2) is 5.20. The van der Waals surface area contributed by atoms with E-state index in [2.05, 4.69) is 5.43 Å². The van der Waals surface area contributed by atoms with Gasteiger partial charge in [0.15, 0.2) is 6.61 Å². The highest BCUT2D eigenvalue weighted by molar-refractivity contribution is 6.07. The highest BCUT2D eigenvalue weighted by Gasteiger charge is 2.61. The molecule has 4 rings (SSSR count). The van der Waals surface area contributed by atoms with Crippen molar-refractivity contribution in [2.75, 3.05) is 6.61 Å². The minimum Gasteiger partial charge on any atom is -0.484 e. The van der Waals surface area contributed by atoms with Gasteiger partial charge < -0.3 is 9.47 Å². The van der Waals surface area contributed by atoms with E-state index in [1.54, 1.807) is 36.4 Å². The molecule has 0 radical (unpaired) electrons. The molecule has 3 amide bonds. The molecule has 0 saturated carbocycles. The van der Waals surface area contributed by atoms with Crippen molar-refractivity contribution in [3.63, 3.8) is 0 Å². The molecule has 2 saturated heterocycles. The number of imide groups is 1. The van der Waals surface area contributed by atoms with E-state index in [-0.39, 0.29) is 18.8 Å². The van der Waals surface area contributed by atoms with Crippen LogP contribution in [0, 0.1) is 11.8 Å². The van der Waals surface area contributed by atoms with Gasteiger partial charge in [0.05, 0.1) is 24.0 Å². The van der Waals surface area contributed by atoms with Gasteiger partial charge >= 0.3 is 0 Å². The number of para-hydroxylation sites is 1. The predicted molar refractivity (Wildman–Crippen MR) is 76.7 cm³/mol. The molecule has 1 aromatic rings. The van der Waals surface area contributed by atoms with Crippen LogP contribution in [0.4, 0.5) is 0 Å². The van der Waals surface area contributed by atoms with E-state index in [9.17, 15) is 14.4 Å². The lowest BCUT2D eigenvalue weighted by Gasteiger charge is -2.18. The monoisotopic (exact) mass is 314 g/mol. The number of carbonyl (C=O) groups excluding carboxylic acids is 3. The fourth-order valence-electron chi connectivity index (χ4n) is 3.24. The van der Waals surface area contributed by atoms with Crippen molar-refractivity contribution in [1.82, 2.24) is 10.4 Å². The van der Waals surface area contributed by atoms with E-state index < -0.39 is 29.6 Å². The van der Waals surface area contributed by atoms with Gasteiger partial charge in [-0.3, -0.25) is 19.8 Å². The average Bonchev–Trinajstić information content (AvgIpc) is 3.24. The molecule has 7 heteroatoms. The zero-order chi connectivity index (χ0) is 16.0. The molecule has 2 bridgehead atoms. The highest BCUT2D eigenvalue weighted by Crippen LogP contribution is 2.44. The van der Waals surface area contributed by atoms with Crippen molar-refractivity contribution in [2.24, 2.45) is 11.8 Å². The number of hydrogen-bond donors (Lipinski definition) is 1. The molecule has 0 spiro atoms. The minimum absolute atomic E-state index is 0.280. The zero-order valence-electron chi connectivity index (χ0n) is 12.0. The van der Waals surface area contributed by atoms with Crippen molar-refractivity contribution >= 4 is 17.7 Å². The summed E-state index contributed by atoms with van der Waals surface area (Å²) in [5.41, 5.74) is 2.33. The van der Waals surface area contributed by atoms with Crippen LogP contribution in [0.15, 0.2) is 42.5 Å². The van der Waals surface area contributed by atoms with E-state index in [4.69, 9.17) is 9.47 Å². The number of amides is 3. The first-order valence-corrected chi connectivity index (χ1v) is 7.34. The first kappa shape index (κ1) is 14.0. The van der Waals surface area contributed by atoms with Gasteiger partial charge in [-0.1, -0.05) is 30.4 Å². The molecule has 3 aliphatic heterocycles. The predicted octanol–water partition coefficient (Wildman–Crippen LogP) is 0.0350. The molecular weight excluding hydrogens is 300 g/mol. The van der Waals surface area contributed by atoms with Crippen LogP contribution in [-0.4, -0.2) is 41.5 Å². The SMILES string of the molecule is O=C(COc1ccccc1)NN1C(=O)[C@@H]2[C@H](C1=O)[C@@H]1C=C[C@@H]2O1. The van der Waals surface area contributed by atoms with Crippen LogP contribution in [0.25, 0.3) is 0 Å². The Hall–Kier alpha value is -2.67. The lowest BCUT2D eigenvalue weighted by Crippen LogP contribution is -2.49. The van der Waals surface area contributed by atoms with Gasteiger partial charge in [0.2, 0.25) is 0 Å². The van der Waals surface area contributed by atoms with Gasteiger partial charge in [0.25, 0.3) is 17.7 Å². The summed E-state index contributed by atoms with van der Waals surface area (Å²) in [7, 11) is 0. The van der Waals surface area contributed by atoms with Gasteiger partial charge in [0.1, 0.15) is 5.75 Å². The molecule has 118 valence electrons. The van der Waals surface area contributed by atoms with E-state index in [0.717, 1.165) is 5.01 Å². The molecular formula is C16H14N2O5. The van der Waals surface area contributed by atoms with Crippen LogP contribution in [0.1, 0.15) is 0 Å². The Labute approximate surface area is 131 Å².